The van der Waals surface area contributed by atoms with Gasteiger partial charge in [0.2, 0.25) is 0 Å². The van der Waals surface area contributed by atoms with Crippen LogP contribution in [0.3, 0.4) is 0 Å². The standard InChI is InChI=1S/C19H30N2/c1-15(2)21-11-9-19(10-12-21)14-18(20-3)17(19)13-16-7-5-4-6-8-16/h4-8,15,17-18,20H,9-14H2,1-3H3. The summed E-state index contributed by atoms with van der Waals surface area (Å²) in [6.45, 7) is 7.24. The molecule has 0 amide bonds. The van der Waals surface area contributed by atoms with Crippen LogP contribution in [0.25, 0.3) is 0 Å². The molecular formula is C19H30N2. The highest BCUT2D eigenvalue weighted by atomic mass is 15.2. The lowest BCUT2D eigenvalue weighted by atomic mass is 9.51. The Hall–Kier alpha value is -0.860. The molecular weight excluding hydrogens is 256 g/mol. The van der Waals surface area contributed by atoms with Crippen molar-refractivity contribution in [3.8, 4) is 0 Å². The zero-order valence-electron chi connectivity index (χ0n) is 13.8. The van der Waals surface area contributed by atoms with Crippen molar-refractivity contribution in [1.82, 2.24) is 10.2 Å². The number of nitrogens with zero attached hydrogens (tertiary/aromatic N) is 1. The summed E-state index contributed by atoms with van der Waals surface area (Å²) in [4.78, 5) is 2.65. The Morgan fingerprint density at radius 1 is 1.19 bits per heavy atom. The summed E-state index contributed by atoms with van der Waals surface area (Å²) in [5.41, 5.74) is 2.11. The van der Waals surface area contributed by atoms with Gasteiger partial charge in [0.1, 0.15) is 0 Å². The van der Waals surface area contributed by atoms with Crippen LogP contribution in [0.4, 0.5) is 0 Å². The summed E-state index contributed by atoms with van der Waals surface area (Å²) in [5.74, 6) is 0.819. The van der Waals surface area contributed by atoms with Crippen LogP contribution in [0.15, 0.2) is 30.3 Å². The second kappa shape index (κ2) is 6.10. The summed E-state index contributed by atoms with van der Waals surface area (Å²) in [7, 11) is 2.14. The molecule has 2 nitrogen and oxygen atoms in total. The molecule has 1 saturated carbocycles. The van der Waals surface area contributed by atoms with Gasteiger partial charge in [0.25, 0.3) is 0 Å². The highest BCUT2D eigenvalue weighted by molar-refractivity contribution is 5.19. The van der Waals surface area contributed by atoms with E-state index in [1.165, 1.54) is 44.3 Å². The molecule has 2 aliphatic rings. The predicted molar refractivity (Wildman–Crippen MR) is 89.5 cm³/mol. The Balaban J connectivity index is 1.68. The summed E-state index contributed by atoms with van der Waals surface area (Å²) in [6, 6.07) is 12.5. The second-order valence-electron chi connectivity index (χ2n) is 7.39. The van der Waals surface area contributed by atoms with E-state index in [0.717, 1.165) is 12.0 Å². The molecule has 1 aromatic rings. The number of benzene rings is 1. The van der Waals surface area contributed by atoms with E-state index in [2.05, 4.69) is 61.4 Å². The third-order valence-corrected chi connectivity index (χ3v) is 6.09. The molecule has 0 aromatic heterocycles. The zero-order chi connectivity index (χ0) is 14.9. The van der Waals surface area contributed by atoms with Crippen LogP contribution in [0.2, 0.25) is 0 Å². The molecule has 1 N–H and O–H groups in total. The molecule has 2 atom stereocenters. The Morgan fingerprint density at radius 3 is 2.43 bits per heavy atom. The first-order chi connectivity index (χ1) is 10.1. The van der Waals surface area contributed by atoms with Crippen LogP contribution in [-0.2, 0) is 6.42 Å². The van der Waals surface area contributed by atoms with Crippen LogP contribution in [0.1, 0.15) is 38.7 Å². The highest BCUT2D eigenvalue weighted by Crippen LogP contribution is 2.55. The molecule has 1 aliphatic heterocycles. The van der Waals surface area contributed by atoms with E-state index in [-0.39, 0.29) is 0 Å². The summed E-state index contributed by atoms with van der Waals surface area (Å²) < 4.78 is 0. The molecule has 3 rings (SSSR count). The SMILES string of the molecule is CNC1CC2(CCN(C(C)C)CC2)C1Cc1ccccc1. The largest absolute Gasteiger partial charge is 0.317 e. The van der Waals surface area contributed by atoms with Crippen LogP contribution in [0, 0.1) is 11.3 Å². The Morgan fingerprint density at radius 2 is 1.86 bits per heavy atom. The number of hydrogen-bond donors (Lipinski definition) is 1. The fourth-order valence-corrected chi connectivity index (χ4v) is 4.59. The van der Waals surface area contributed by atoms with Gasteiger partial charge < -0.3 is 10.2 Å². The maximum atomic E-state index is 3.56. The first kappa shape index (κ1) is 15.1. The van der Waals surface area contributed by atoms with Gasteiger partial charge in [-0.3, -0.25) is 0 Å². The fourth-order valence-electron chi connectivity index (χ4n) is 4.59. The number of nitrogens with one attached hydrogen (secondary N) is 1. The lowest BCUT2D eigenvalue weighted by molar-refractivity contribution is -0.0666. The predicted octanol–water partition coefficient (Wildman–Crippen LogP) is 3.33. The van der Waals surface area contributed by atoms with Gasteiger partial charge in [-0.25, -0.2) is 0 Å². The monoisotopic (exact) mass is 286 g/mol. The molecule has 1 spiro atoms. The average molecular weight is 286 g/mol. The minimum atomic E-state index is 0.606. The maximum absolute atomic E-state index is 3.56. The van der Waals surface area contributed by atoms with Crippen LogP contribution >= 0.6 is 0 Å². The van der Waals surface area contributed by atoms with Crippen molar-refractivity contribution in [3.63, 3.8) is 0 Å². The minimum Gasteiger partial charge on any atom is -0.317 e. The summed E-state index contributed by atoms with van der Waals surface area (Å²) in [6.07, 6.45) is 5.41. The third kappa shape index (κ3) is 2.89. The number of likely N-dealkylation sites (tertiary alicyclic amines) is 1. The molecule has 1 aliphatic carbocycles. The van der Waals surface area contributed by atoms with Crippen molar-refractivity contribution in [1.29, 1.82) is 0 Å². The van der Waals surface area contributed by atoms with E-state index in [1.807, 2.05) is 0 Å². The van der Waals surface area contributed by atoms with Gasteiger partial charge in [-0.2, -0.15) is 0 Å². The molecule has 1 heterocycles. The Bertz CT molecular complexity index is 446. The highest BCUT2D eigenvalue weighted by Gasteiger charge is 2.53. The van der Waals surface area contributed by atoms with Crippen molar-refractivity contribution >= 4 is 0 Å². The minimum absolute atomic E-state index is 0.606. The number of rotatable bonds is 4. The summed E-state index contributed by atoms with van der Waals surface area (Å²) in [5, 5.41) is 3.56. The van der Waals surface area contributed by atoms with Crippen molar-refractivity contribution in [3.05, 3.63) is 35.9 Å². The van der Waals surface area contributed by atoms with E-state index >= 15 is 0 Å². The van der Waals surface area contributed by atoms with E-state index in [1.54, 1.807) is 0 Å². The fraction of sp³-hybridized carbons (Fsp3) is 0.684. The maximum Gasteiger partial charge on any atom is 0.0106 e. The number of hydrogen-bond acceptors (Lipinski definition) is 2. The van der Waals surface area contributed by atoms with Crippen molar-refractivity contribution in [2.45, 2.75) is 51.6 Å². The molecule has 2 fully saturated rings. The topological polar surface area (TPSA) is 15.3 Å². The molecule has 0 radical (unpaired) electrons. The van der Waals surface area contributed by atoms with Gasteiger partial charge in [0, 0.05) is 12.1 Å². The van der Waals surface area contributed by atoms with Gasteiger partial charge in [-0.15, -0.1) is 0 Å². The molecule has 0 bridgehead atoms. The van der Waals surface area contributed by atoms with E-state index in [0.29, 0.717) is 11.5 Å². The quantitative estimate of drug-likeness (QED) is 0.913. The van der Waals surface area contributed by atoms with E-state index in [9.17, 15) is 0 Å². The van der Waals surface area contributed by atoms with Gasteiger partial charge in [0.05, 0.1) is 0 Å². The summed E-state index contributed by atoms with van der Waals surface area (Å²) >= 11 is 0. The Labute approximate surface area is 129 Å². The lowest BCUT2D eigenvalue weighted by Crippen LogP contribution is -2.61. The molecule has 1 saturated heterocycles. The normalized spacial score (nSPS) is 28.8. The Kier molecular flexibility index (Phi) is 4.37. The third-order valence-electron chi connectivity index (χ3n) is 6.09. The van der Waals surface area contributed by atoms with Gasteiger partial charge in [-0.1, -0.05) is 30.3 Å². The van der Waals surface area contributed by atoms with Crippen LogP contribution in [-0.4, -0.2) is 37.1 Å². The zero-order valence-corrected chi connectivity index (χ0v) is 13.8. The van der Waals surface area contributed by atoms with E-state index < -0.39 is 0 Å². The van der Waals surface area contributed by atoms with Gasteiger partial charge >= 0.3 is 0 Å². The average Bonchev–Trinajstić information content (AvgIpc) is 2.52. The number of piperidine rings is 1. The van der Waals surface area contributed by atoms with Crippen molar-refractivity contribution in [2.24, 2.45) is 11.3 Å². The second-order valence-corrected chi connectivity index (χ2v) is 7.39. The molecule has 2 heteroatoms. The van der Waals surface area contributed by atoms with Gasteiger partial charge in [-0.05, 0) is 76.6 Å². The van der Waals surface area contributed by atoms with E-state index in [4.69, 9.17) is 0 Å². The molecule has 116 valence electrons. The molecule has 1 aromatic carbocycles. The van der Waals surface area contributed by atoms with Gasteiger partial charge in [0.15, 0.2) is 0 Å². The smallest absolute Gasteiger partial charge is 0.0106 e. The van der Waals surface area contributed by atoms with Crippen LogP contribution in [0.5, 0.6) is 0 Å². The lowest BCUT2D eigenvalue weighted by Gasteiger charge is -2.59. The van der Waals surface area contributed by atoms with Crippen molar-refractivity contribution < 1.29 is 0 Å². The van der Waals surface area contributed by atoms with Crippen molar-refractivity contribution in [2.75, 3.05) is 20.1 Å². The first-order valence-electron chi connectivity index (χ1n) is 8.60. The first-order valence-corrected chi connectivity index (χ1v) is 8.60. The molecule has 21 heavy (non-hydrogen) atoms. The molecule has 2 unspecified atom stereocenters. The van der Waals surface area contributed by atoms with Crippen LogP contribution < -0.4 is 5.32 Å².